The molecule has 0 saturated carbocycles. The Morgan fingerprint density at radius 2 is 0.829 bits per heavy atom. The van der Waals surface area contributed by atoms with Gasteiger partial charge in [-0.25, -0.2) is 0 Å². The van der Waals surface area contributed by atoms with Gasteiger partial charge in [0.2, 0.25) is 0 Å². The van der Waals surface area contributed by atoms with Crippen LogP contribution in [-0.2, 0) is 36.4 Å². The summed E-state index contributed by atoms with van der Waals surface area (Å²) in [5, 5.41) is 0. The number of rotatable bonds is 1. The first-order valence-electron chi connectivity index (χ1n) is 11.9. The summed E-state index contributed by atoms with van der Waals surface area (Å²) in [5.41, 5.74) is 3.01. The summed E-state index contributed by atoms with van der Waals surface area (Å²) in [6, 6.07) is 10.1. The molecular weight excluding hydrogens is 693 g/mol. The first-order chi connectivity index (χ1) is 15.8. The van der Waals surface area contributed by atoms with E-state index in [1.807, 2.05) is 30.3 Å². The van der Waals surface area contributed by atoms with Crippen molar-refractivity contribution in [1.82, 2.24) is 0 Å². The molecule has 1 saturated heterocycles. The van der Waals surface area contributed by atoms with Gasteiger partial charge in [-0.05, 0) is 67.7 Å². The zero-order valence-electron chi connectivity index (χ0n) is 23.0. The number of halogens is 1. The topological polar surface area (TPSA) is 0 Å². The van der Waals surface area contributed by atoms with Crippen LogP contribution in [-0.4, -0.2) is 46.0 Å². The summed E-state index contributed by atoms with van der Waals surface area (Å²) in [4.78, 5) is 0. The van der Waals surface area contributed by atoms with Gasteiger partial charge < -0.3 is 29.6 Å². The Labute approximate surface area is 266 Å². The van der Waals surface area contributed by atoms with E-state index >= 15 is 0 Å². The second-order valence-electron chi connectivity index (χ2n) is 12.3. The molecule has 1 aromatic rings. The van der Waals surface area contributed by atoms with Crippen LogP contribution in [0.4, 0.5) is 0 Å². The Balaban J connectivity index is 0. The molecule has 0 N–H and O–H groups in total. The van der Waals surface area contributed by atoms with Gasteiger partial charge >= 0.3 is 27.8 Å². The average Bonchev–Trinajstić information content (AvgIpc) is 2.74. The van der Waals surface area contributed by atoms with Gasteiger partial charge in [-0.2, -0.15) is 52.8 Å². The van der Waals surface area contributed by atoms with Crippen molar-refractivity contribution in [2.75, 3.05) is 46.0 Å². The van der Waals surface area contributed by atoms with Crippen molar-refractivity contribution < 1.29 is 35.0 Å². The number of thioether (sulfide) groups is 4. The minimum atomic E-state index is 0. The SMILES string of the molecule is CC1(C)CSCC(C)(C)CSCC(C)(C)CSCC(C)(C)CSC1.[Br-].[S-]Cc1ccccc1.[S]=[Mo]. The van der Waals surface area contributed by atoms with Crippen LogP contribution in [0.25, 0.3) is 0 Å². The Hall–Kier alpha value is 2.36. The fourth-order valence-corrected chi connectivity index (χ4v) is 9.51. The van der Waals surface area contributed by atoms with Crippen LogP contribution >= 0.6 is 56.9 Å². The molecular formula is C27H47BrMoS6-2. The second kappa shape index (κ2) is 20.3. The molecule has 2 rings (SSSR count). The summed E-state index contributed by atoms with van der Waals surface area (Å²) < 4.78 is 0. The maximum absolute atomic E-state index is 4.82. The molecule has 0 unspecified atom stereocenters. The number of hydrogen-bond acceptors (Lipinski definition) is 6. The Morgan fingerprint density at radius 3 is 1.00 bits per heavy atom. The second-order valence-corrected chi connectivity index (χ2v) is 16.5. The average molecular weight is 740 g/mol. The molecule has 0 nitrogen and oxygen atoms in total. The van der Waals surface area contributed by atoms with E-state index in [-0.39, 0.29) is 17.0 Å². The number of hydrogen-bond donors (Lipinski definition) is 0. The van der Waals surface area contributed by atoms with Crippen LogP contribution in [0.3, 0.4) is 0 Å². The van der Waals surface area contributed by atoms with Gasteiger partial charge in [0.1, 0.15) is 0 Å². The maximum atomic E-state index is 4.82. The fourth-order valence-electron chi connectivity index (χ4n) is 3.16. The van der Waals surface area contributed by atoms with Crippen LogP contribution in [0, 0.1) is 21.7 Å². The van der Waals surface area contributed by atoms with Crippen molar-refractivity contribution in [1.29, 1.82) is 0 Å². The zero-order chi connectivity index (χ0) is 26.3. The van der Waals surface area contributed by atoms with Gasteiger partial charge in [0, 0.05) is 0 Å². The van der Waals surface area contributed by atoms with Gasteiger partial charge in [0.05, 0.1) is 0 Å². The van der Waals surface area contributed by atoms with Crippen molar-refractivity contribution >= 4 is 69.5 Å². The molecule has 1 fully saturated rings. The first kappa shape index (κ1) is 39.5. The van der Waals surface area contributed by atoms with E-state index in [2.05, 4.69) is 112 Å². The van der Waals surface area contributed by atoms with Crippen molar-refractivity contribution in [3.8, 4) is 0 Å². The van der Waals surface area contributed by atoms with E-state index in [1.54, 1.807) is 0 Å². The van der Waals surface area contributed by atoms with E-state index in [0.717, 1.165) is 5.75 Å². The van der Waals surface area contributed by atoms with E-state index < -0.39 is 0 Å². The summed E-state index contributed by atoms with van der Waals surface area (Å²) in [5.74, 6) is 11.0. The minimum absolute atomic E-state index is 0. The summed E-state index contributed by atoms with van der Waals surface area (Å²) in [6.07, 6.45) is 0. The van der Waals surface area contributed by atoms with Crippen molar-refractivity contribution in [3.05, 3.63) is 35.9 Å². The third-order valence-electron chi connectivity index (χ3n) is 4.95. The van der Waals surface area contributed by atoms with E-state index in [9.17, 15) is 0 Å². The molecule has 0 bridgehead atoms. The van der Waals surface area contributed by atoms with Gasteiger partial charge in [-0.1, -0.05) is 91.3 Å². The molecule has 0 amide bonds. The van der Waals surface area contributed by atoms with Crippen LogP contribution in [0.5, 0.6) is 0 Å². The molecule has 1 aromatic carbocycles. The molecule has 0 atom stereocenters. The zero-order valence-corrected chi connectivity index (χ0v) is 31.5. The van der Waals surface area contributed by atoms with E-state index in [0.29, 0.717) is 21.7 Å². The summed E-state index contributed by atoms with van der Waals surface area (Å²) >= 11 is 15.0. The van der Waals surface area contributed by atoms with Crippen molar-refractivity contribution in [2.24, 2.45) is 21.7 Å². The standard InChI is InChI=1S/C20H40S4.C7H8S.BrH.Mo.S/c1-17(2)9-21-11-18(3,4)13-23-15-20(7,8)16-24-14-19(5,6)12-22-10-17;8-6-7-4-2-1-3-5-7;;;/h9-16H2,1-8H3;1-5,8H,6H2;1H;;/p-2. The quantitative estimate of drug-likeness (QED) is 0.239. The Bertz CT molecular complexity index is 556. The van der Waals surface area contributed by atoms with E-state index in [1.165, 1.54) is 69.6 Å². The number of benzene rings is 1. The van der Waals surface area contributed by atoms with Crippen LogP contribution in [0.15, 0.2) is 30.3 Å². The Kier molecular flexibility index (Phi) is 22.9. The molecule has 0 spiro atoms. The molecule has 1 aliphatic rings. The normalized spacial score (nSPS) is 22.1. The predicted molar refractivity (Wildman–Crippen MR) is 170 cm³/mol. The third-order valence-corrected chi connectivity index (χ3v) is 13.2. The predicted octanol–water partition coefficient (Wildman–Crippen LogP) is 6.42. The van der Waals surface area contributed by atoms with Crippen LogP contribution in [0.2, 0.25) is 0 Å². The van der Waals surface area contributed by atoms with Gasteiger partial charge in [-0.15, -0.1) is 0 Å². The summed E-state index contributed by atoms with van der Waals surface area (Å²) in [6.45, 7) is 19.6. The molecule has 0 aromatic heterocycles. The molecule has 0 radical (unpaired) electrons. The van der Waals surface area contributed by atoms with Crippen molar-refractivity contribution in [3.63, 3.8) is 0 Å². The van der Waals surface area contributed by atoms with Gasteiger partial charge in [0.15, 0.2) is 0 Å². The molecule has 35 heavy (non-hydrogen) atoms. The van der Waals surface area contributed by atoms with Gasteiger partial charge in [-0.3, -0.25) is 0 Å². The van der Waals surface area contributed by atoms with Crippen molar-refractivity contribution in [2.45, 2.75) is 61.1 Å². The molecule has 0 aliphatic carbocycles. The first-order valence-corrected chi connectivity index (χ1v) is 19.8. The van der Waals surface area contributed by atoms with Crippen LogP contribution < -0.4 is 17.0 Å². The summed E-state index contributed by atoms with van der Waals surface area (Å²) in [7, 11) is 4.09. The van der Waals surface area contributed by atoms with E-state index in [4.69, 9.17) is 12.6 Å². The monoisotopic (exact) mass is 740 g/mol. The molecule has 1 aliphatic heterocycles. The third kappa shape index (κ3) is 21.8. The molecule has 8 heteroatoms. The fraction of sp³-hybridized carbons (Fsp3) is 0.778. The molecule has 1 heterocycles. The van der Waals surface area contributed by atoms with Gasteiger partial charge in [0.25, 0.3) is 0 Å². The van der Waals surface area contributed by atoms with Crippen LogP contribution in [0.1, 0.15) is 61.0 Å². The molecule has 206 valence electrons. The Morgan fingerprint density at radius 1 is 0.600 bits per heavy atom.